The first kappa shape index (κ1) is 16.2. The average Bonchev–Trinajstić information content (AvgIpc) is 2.51. The van der Waals surface area contributed by atoms with Crippen molar-refractivity contribution in [3.8, 4) is 0 Å². The lowest BCUT2D eigenvalue weighted by atomic mass is 10.0. The van der Waals surface area contributed by atoms with Gasteiger partial charge < -0.3 is 5.32 Å². The average molecular weight is 311 g/mol. The molecule has 22 heavy (non-hydrogen) atoms. The molecule has 0 atom stereocenters. The predicted octanol–water partition coefficient (Wildman–Crippen LogP) is 3.69. The van der Waals surface area contributed by atoms with E-state index in [1.54, 1.807) is 0 Å². The van der Waals surface area contributed by atoms with Gasteiger partial charge in [-0.2, -0.15) is 5.10 Å². The first-order chi connectivity index (χ1) is 10.6. The summed E-state index contributed by atoms with van der Waals surface area (Å²) in [6.07, 6.45) is 0. The SMILES string of the molecule is C/C(=N/NC(=S)NCc1ccccc1)c1ccc(C)cc1C. The fraction of sp³-hybridized carbons (Fsp3) is 0.222. The van der Waals surface area contributed by atoms with Crippen molar-refractivity contribution in [3.63, 3.8) is 0 Å². The third kappa shape index (κ3) is 4.67. The van der Waals surface area contributed by atoms with Crippen LogP contribution in [0.1, 0.15) is 29.2 Å². The number of hydrogen-bond donors (Lipinski definition) is 2. The van der Waals surface area contributed by atoms with Crippen molar-refractivity contribution in [1.29, 1.82) is 0 Å². The molecule has 2 rings (SSSR count). The van der Waals surface area contributed by atoms with Crippen molar-refractivity contribution in [1.82, 2.24) is 10.7 Å². The minimum Gasteiger partial charge on any atom is -0.357 e. The van der Waals surface area contributed by atoms with Gasteiger partial charge in [0.15, 0.2) is 5.11 Å². The summed E-state index contributed by atoms with van der Waals surface area (Å²) in [5.74, 6) is 0. The van der Waals surface area contributed by atoms with Crippen LogP contribution in [0.25, 0.3) is 0 Å². The van der Waals surface area contributed by atoms with Gasteiger partial charge in [-0.3, -0.25) is 5.43 Å². The fourth-order valence-electron chi connectivity index (χ4n) is 2.23. The molecule has 0 fully saturated rings. The standard InChI is InChI=1S/C18H21N3S/c1-13-9-10-17(14(2)11-13)15(3)20-21-18(22)19-12-16-7-5-4-6-8-16/h4-11H,12H2,1-3H3,(H2,19,21,22)/b20-15-. The van der Waals surface area contributed by atoms with Crippen LogP contribution in [0.3, 0.4) is 0 Å². The van der Waals surface area contributed by atoms with Gasteiger partial charge in [0.1, 0.15) is 0 Å². The Hall–Kier alpha value is -2.20. The van der Waals surface area contributed by atoms with Crippen molar-refractivity contribution < 1.29 is 0 Å². The molecule has 2 aromatic carbocycles. The normalized spacial score (nSPS) is 11.1. The largest absolute Gasteiger partial charge is 0.357 e. The number of aryl methyl sites for hydroxylation is 2. The van der Waals surface area contributed by atoms with Gasteiger partial charge in [0.2, 0.25) is 0 Å². The number of hydrazone groups is 1. The van der Waals surface area contributed by atoms with Crippen LogP contribution in [-0.2, 0) is 6.54 Å². The molecule has 114 valence electrons. The van der Waals surface area contributed by atoms with Gasteiger partial charge in [0.05, 0.1) is 5.71 Å². The van der Waals surface area contributed by atoms with Crippen molar-refractivity contribution >= 4 is 23.0 Å². The van der Waals surface area contributed by atoms with Gasteiger partial charge >= 0.3 is 0 Å². The quantitative estimate of drug-likeness (QED) is 0.513. The van der Waals surface area contributed by atoms with E-state index in [1.807, 2.05) is 25.1 Å². The summed E-state index contributed by atoms with van der Waals surface area (Å²) in [7, 11) is 0. The lowest BCUT2D eigenvalue weighted by molar-refractivity contribution is 0.866. The molecule has 0 heterocycles. The number of benzene rings is 2. The summed E-state index contributed by atoms with van der Waals surface area (Å²) >= 11 is 5.25. The highest BCUT2D eigenvalue weighted by atomic mass is 32.1. The van der Waals surface area contributed by atoms with Crippen molar-refractivity contribution in [2.45, 2.75) is 27.3 Å². The fourth-order valence-corrected chi connectivity index (χ4v) is 2.35. The monoisotopic (exact) mass is 311 g/mol. The molecule has 0 bridgehead atoms. The smallest absolute Gasteiger partial charge is 0.187 e. The third-order valence-electron chi connectivity index (χ3n) is 3.39. The molecule has 0 aliphatic rings. The van der Waals surface area contributed by atoms with Crippen LogP contribution in [-0.4, -0.2) is 10.8 Å². The maximum Gasteiger partial charge on any atom is 0.187 e. The van der Waals surface area contributed by atoms with Crippen LogP contribution in [0.4, 0.5) is 0 Å². The van der Waals surface area contributed by atoms with E-state index < -0.39 is 0 Å². The van der Waals surface area contributed by atoms with Gasteiger partial charge in [-0.25, -0.2) is 0 Å². The minimum absolute atomic E-state index is 0.521. The highest BCUT2D eigenvalue weighted by Crippen LogP contribution is 2.11. The van der Waals surface area contributed by atoms with Gasteiger partial charge in [-0.05, 0) is 44.1 Å². The molecular weight excluding hydrogens is 290 g/mol. The number of nitrogens with zero attached hydrogens (tertiary/aromatic N) is 1. The number of hydrogen-bond acceptors (Lipinski definition) is 2. The van der Waals surface area contributed by atoms with E-state index in [0.29, 0.717) is 11.7 Å². The van der Waals surface area contributed by atoms with Crippen molar-refractivity contribution in [2.75, 3.05) is 0 Å². The minimum atomic E-state index is 0.521. The van der Waals surface area contributed by atoms with Crippen LogP contribution < -0.4 is 10.7 Å². The third-order valence-corrected chi connectivity index (χ3v) is 3.63. The molecule has 2 N–H and O–H groups in total. The second-order valence-electron chi connectivity index (χ2n) is 5.30. The zero-order valence-corrected chi connectivity index (χ0v) is 14.0. The summed E-state index contributed by atoms with van der Waals surface area (Å²) in [5, 5.41) is 8.02. The number of rotatable bonds is 4. The summed E-state index contributed by atoms with van der Waals surface area (Å²) in [4.78, 5) is 0. The molecule has 2 aromatic rings. The Morgan fingerprint density at radius 3 is 2.50 bits per heavy atom. The summed E-state index contributed by atoms with van der Waals surface area (Å²) in [5.41, 5.74) is 8.60. The zero-order valence-electron chi connectivity index (χ0n) is 13.2. The Morgan fingerprint density at radius 2 is 1.82 bits per heavy atom. The second kappa shape index (κ2) is 7.71. The Morgan fingerprint density at radius 1 is 1.09 bits per heavy atom. The van der Waals surface area contributed by atoms with E-state index in [9.17, 15) is 0 Å². The zero-order chi connectivity index (χ0) is 15.9. The van der Waals surface area contributed by atoms with Crippen LogP contribution in [0.5, 0.6) is 0 Å². The van der Waals surface area contributed by atoms with E-state index in [0.717, 1.165) is 11.3 Å². The molecule has 0 unspecified atom stereocenters. The van der Waals surface area contributed by atoms with Crippen molar-refractivity contribution in [3.05, 3.63) is 70.8 Å². The molecular formula is C18H21N3S. The topological polar surface area (TPSA) is 36.4 Å². The van der Waals surface area contributed by atoms with Crippen LogP contribution in [0.15, 0.2) is 53.6 Å². The number of nitrogens with one attached hydrogen (secondary N) is 2. The molecule has 4 heteroatoms. The molecule has 0 spiro atoms. The Bertz CT molecular complexity index is 678. The summed E-state index contributed by atoms with van der Waals surface area (Å²) in [6, 6.07) is 16.5. The van der Waals surface area contributed by atoms with Crippen LogP contribution >= 0.6 is 12.2 Å². The molecule has 0 aliphatic carbocycles. The van der Waals surface area contributed by atoms with Gasteiger partial charge in [-0.1, -0.05) is 54.1 Å². The van der Waals surface area contributed by atoms with E-state index in [-0.39, 0.29) is 0 Å². The maximum atomic E-state index is 5.25. The molecule has 0 amide bonds. The molecule has 0 aliphatic heterocycles. The predicted molar refractivity (Wildman–Crippen MR) is 97.1 cm³/mol. The van der Waals surface area contributed by atoms with Gasteiger partial charge in [0.25, 0.3) is 0 Å². The maximum absolute atomic E-state index is 5.25. The van der Waals surface area contributed by atoms with Gasteiger partial charge in [0, 0.05) is 12.1 Å². The Kier molecular flexibility index (Phi) is 5.67. The Balaban J connectivity index is 1.91. The van der Waals surface area contributed by atoms with Crippen LogP contribution in [0.2, 0.25) is 0 Å². The lowest BCUT2D eigenvalue weighted by Gasteiger charge is -2.09. The number of thiocarbonyl (C=S) groups is 1. The van der Waals surface area contributed by atoms with E-state index >= 15 is 0 Å². The molecule has 0 radical (unpaired) electrons. The highest BCUT2D eigenvalue weighted by Gasteiger charge is 2.02. The van der Waals surface area contributed by atoms with Crippen molar-refractivity contribution in [2.24, 2.45) is 5.10 Å². The first-order valence-corrected chi connectivity index (χ1v) is 7.67. The molecule has 3 nitrogen and oxygen atoms in total. The molecule has 0 saturated carbocycles. The van der Waals surface area contributed by atoms with Crippen LogP contribution in [0, 0.1) is 13.8 Å². The molecule has 0 aromatic heterocycles. The first-order valence-electron chi connectivity index (χ1n) is 7.26. The molecule has 0 saturated heterocycles. The second-order valence-corrected chi connectivity index (χ2v) is 5.70. The lowest BCUT2D eigenvalue weighted by Crippen LogP contribution is -2.32. The van der Waals surface area contributed by atoms with Gasteiger partial charge in [-0.15, -0.1) is 0 Å². The summed E-state index contributed by atoms with van der Waals surface area (Å²) in [6.45, 7) is 6.84. The van der Waals surface area contributed by atoms with E-state index in [4.69, 9.17) is 12.2 Å². The summed E-state index contributed by atoms with van der Waals surface area (Å²) < 4.78 is 0. The van der Waals surface area contributed by atoms with E-state index in [2.05, 4.69) is 60.0 Å². The van der Waals surface area contributed by atoms with E-state index in [1.165, 1.54) is 16.7 Å². The Labute approximate surface area is 137 Å². The highest BCUT2D eigenvalue weighted by molar-refractivity contribution is 7.80.